The highest BCUT2D eigenvalue weighted by Gasteiger charge is 2.09. The molecule has 0 atom stereocenters. The molecule has 0 fully saturated rings. The highest BCUT2D eigenvalue weighted by Crippen LogP contribution is 1.78. The summed E-state index contributed by atoms with van der Waals surface area (Å²) in [6, 6.07) is 0. The van der Waals surface area contributed by atoms with Crippen LogP contribution in [0.25, 0.3) is 0 Å². The molecule has 0 amide bonds. The Balaban J connectivity index is 0.000000250. The SMILES string of the molecule is O=C(O)CS(=O)(=O)O.c1c[nH]cn1.c1c[nH]cn1. The molecule has 2 rings (SSSR count). The van der Waals surface area contributed by atoms with Gasteiger partial charge in [-0.05, 0) is 0 Å². The zero-order valence-corrected chi connectivity index (χ0v) is 9.91. The van der Waals surface area contributed by atoms with Gasteiger partial charge in [0.2, 0.25) is 0 Å². The Labute approximate surface area is 103 Å². The zero-order chi connectivity index (χ0) is 13.9. The van der Waals surface area contributed by atoms with Crippen LogP contribution in [0.4, 0.5) is 0 Å². The second-order valence-corrected chi connectivity index (χ2v) is 4.09. The van der Waals surface area contributed by atoms with Crippen molar-refractivity contribution in [3.05, 3.63) is 37.4 Å². The molecule has 2 aromatic heterocycles. The van der Waals surface area contributed by atoms with Gasteiger partial charge in [0.05, 0.1) is 12.7 Å². The van der Waals surface area contributed by atoms with Gasteiger partial charge in [0.25, 0.3) is 10.1 Å². The van der Waals surface area contributed by atoms with Gasteiger partial charge < -0.3 is 15.1 Å². The van der Waals surface area contributed by atoms with Gasteiger partial charge >= 0.3 is 5.97 Å². The van der Waals surface area contributed by atoms with E-state index in [0.29, 0.717) is 0 Å². The van der Waals surface area contributed by atoms with E-state index in [-0.39, 0.29) is 0 Å². The average Bonchev–Trinajstić information content (AvgIpc) is 2.94. The fourth-order valence-electron chi connectivity index (χ4n) is 0.586. The number of nitrogens with one attached hydrogen (secondary N) is 2. The van der Waals surface area contributed by atoms with Gasteiger partial charge in [-0.25, -0.2) is 9.97 Å². The zero-order valence-electron chi connectivity index (χ0n) is 9.09. The summed E-state index contributed by atoms with van der Waals surface area (Å²) in [4.78, 5) is 22.3. The maximum absolute atomic E-state index is 9.62. The lowest BCUT2D eigenvalue weighted by molar-refractivity contribution is -0.134. The summed E-state index contributed by atoms with van der Waals surface area (Å²) in [5, 5.41) is 7.71. The molecule has 0 aliphatic carbocycles. The minimum absolute atomic E-state index is 1.23. The third-order valence-electron chi connectivity index (χ3n) is 1.12. The topological polar surface area (TPSA) is 149 Å². The number of imidazole rings is 2. The van der Waals surface area contributed by atoms with Crippen LogP contribution in [0.2, 0.25) is 0 Å². The van der Waals surface area contributed by atoms with Crippen LogP contribution in [0.3, 0.4) is 0 Å². The van der Waals surface area contributed by atoms with Crippen LogP contribution in [0, 0.1) is 0 Å². The van der Waals surface area contributed by atoms with Crippen molar-refractivity contribution < 1.29 is 22.9 Å². The number of nitrogens with zero attached hydrogens (tertiary/aromatic N) is 2. The molecule has 100 valence electrons. The fraction of sp³-hybridized carbons (Fsp3) is 0.125. The first-order valence-corrected chi connectivity index (χ1v) is 6.05. The van der Waals surface area contributed by atoms with Crippen molar-refractivity contribution in [2.24, 2.45) is 0 Å². The normalized spacial score (nSPS) is 9.39. The van der Waals surface area contributed by atoms with Gasteiger partial charge in [0.15, 0.2) is 5.75 Å². The van der Waals surface area contributed by atoms with Crippen LogP contribution in [0.15, 0.2) is 37.4 Å². The van der Waals surface area contributed by atoms with E-state index < -0.39 is 21.8 Å². The van der Waals surface area contributed by atoms with Crippen LogP contribution >= 0.6 is 0 Å². The highest BCUT2D eigenvalue weighted by molar-refractivity contribution is 7.86. The summed E-state index contributed by atoms with van der Waals surface area (Å²) in [5.41, 5.74) is 0. The monoisotopic (exact) mass is 276 g/mol. The molecule has 9 nitrogen and oxygen atoms in total. The summed E-state index contributed by atoms with van der Waals surface area (Å²) in [7, 11) is -4.32. The Morgan fingerprint density at radius 1 is 1.11 bits per heavy atom. The van der Waals surface area contributed by atoms with E-state index in [9.17, 15) is 13.2 Å². The van der Waals surface area contributed by atoms with E-state index >= 15 is 0 Å². The highest BCUT2D eigenvalue weighted by atomic mass is 32.2. The second kappa shape index (κ2) is 8.90. The average molecular weight is 276 g/mol. The summed E-state index contributed by atoms with van der Waals surface area (Å²) >= 11 is 0. The molecule has 10 heteroatoms. The fourth-order valence-corrected chi connectivity index (χ4v) is 0.898. The van der Waals surface area contributed by atoms with Crippen molar-refractivity contribution in [1.82, 2.24) is 19.9 Å². The van der Waals surface area contributed by atoms with Crippen molar-refractivity contribution >= 4 is 16.1 Å². The van der Waals surface area contributed by atoms with Crippen molar-refractivity contribution in [2.75, 3.05) is 5.75 Å². The molecule has 4 N–H and O–H groups in total. The molecule has 0 aliphatic heterocycles. The van der Waals surface area contributed by atoms with E-state index in [4.69, 9.17) is 9.66 Å². The van der Waals surface area contributed by atoms with Gasteiger partial charge in [-0.1, -0.05) is 0 Å². The third-order valence-corrected chi connectivity index (χ3v) is 1.73. The number of carbonyl (C=O) groups is 1. The van der Waals surface area contributed by atoms with Crippen LogP contribution < -0.4 is 0 Å². The molecule has 0 saturated carbocycles. The number of H-pyrrole nitrogens is 2. The standard InChI is InChI=1S/2C3H4N2.C2H4O5S/c2*1-2-5-3-4-1;3-2(4)1-8(5,6)7/h2*1-3H,(H,4,5);1H2,(H,3,4)(H,5,6,7). The van der Waals surface area contributed by atoms with Crippen molar-refractivity contribution in [1.29, 1.82) is 0 Å². The van der Waals surface area contributed by atoms with Crippen LogP contribution in [0.1, 0.15) is 0 Å². The number of carboxylic acids is 1. The number of rotatable bonds is 2. The molecule has 2 aromatic rings. The molecule has 0 unspecified atom stereocenters. The molecule has 18 heavy (non-hydrogen) atoms. The number of carboxylic acid groups (broad SMARTS) is 1. The van der Waals surface area contributed by atoms with Gasteiger partial charge in [0, 0.05) is 24.8 Å². The summed E-state index contributed by atoms with van der Waals surface area (Å²) in [6.07, 6.45) is 10.2. The Morgan fingerprint density at radius 2 is 1.56 bits per heavy atom. The molecule has 0 aliphatic rings. The summed E-state index contributed by atoms with van der Waals surface area (Å²) < 4.78 is 27.0. The lowest BCUT2D eigenvalue weighted by atomic mass is 10.8. The minimum Gasteiger partial charge on any atom is -0.480 e. The van der Waals surface area contributed by atoms with E-state index in [2.05, 4.69) is 19.9 Å². The first-order chi connectivity index (χ1) is 8.42. The van der Waals surface area contributed by atoms with E-state index in [1.165, 1.54) is 0 Å². The molecule has 0 saturated heterocycles. The van der Waals surface area contributed by atoms with Crippen LogP contribution in [0.5, 0.6) is 0 Å². The molecular formula is C8H12N4O5S. The smallest absolute Gasteiger partial charge is 0.321 e. The largest absolute Gasteiger partial charge is 0.480 e. The van der Waals surface area contributed by atoms with Crippen molar-refractivity contribution in [2.45, 2.75) is 0 Å². The predicted octanol–water partition coefficient (Wildman–Crippen LogP) is -0.222. The Bertz CT molecular complexity index is 433. The van der Waals surface area contributed by atoms with Gasteiger partial charge in [0.1, 0.15) is 0 Å². The van der Waals surface area contributed by atoms with Crippen LogP contribution in [-0.4, -0.2) is 49.7 Å². The number of aromatic nitrogens is 4. The van der Waals surface area contributed by atoms with Crippen LogP contribution in [-0.2, 0) is 14.9 Å². The van der Waals surface area contributed by atoms with Crippen molar-refractivity contribution in [3.8, 4) is 0 Å². The van der Waals surface area contributed by atoms with Gasteiger partial charge in [-0.2, -0.15) is 8.42 Å². The first kappa shape index (κ1) is 15.8. The Hall–Kier alpha value is -2.20. The maximum Gasteiger partial charge on any atom is 0.321 e. The number of hydrogen-bond acceptors (Lipinski definition) is 5. The quantitative estimate of drug-likeness (QED) is 0.554. The van der Waals surface area contributed by atoms with Gasteiger partial charge in [-0.15, -0.1) is 0 Å². The Morgan fingerprint density at radius 3 is 1.61 bits per heavy atom. The summed E-state index contributed by atoms with van der Waals surface area (Å²) in [5.74, 6) is -2.79. The molecule has 0 bridgehead atoms. The first-order valence-electron chi connectivity index (χ1n) is 4.44. The molecular weight excluding hydrogens is 264 g/mol. The molecule has 0 radical (unpaired) electrons. The lowest BCUT2D eigenvalue weighted by Gasteiger charge is -1.85. The number of hydrogen-bond donors (Lipinski definition) is 4. The number of aromatic amines is 2. The van der Waals surface area contributed by atoms with E-state index in [1.807, 2.05) is 0 Å². The predicted molar refractivity (Wildman–Crippen MR) is 61.2 cm³/mol. The Kier molecular flexibility index (Phi) is 7.81. The van der Waals surface area contributed by atoms with Gasteiger partial charge in [-0.3, -0.25) is 9.35 Å². The second-order valence-electron chi connectivity index (χ2n) is 2.64. The molecule has 2 heterocycles. The minimum atomic E-state index is -4.32. The maximum atomic E-state index is 9.62. The van der Waals surface area contributed by atoms with E-state index in [1.54, 1.807) is 37.4 Å². The molecule has 0 spiro atoms. The third kappa shape index (κ3) is 13.8. The summed E-state index contributed by atoms with van der Waals surface area (Å²) in [6.45, 7) is 0. The molecule has 0 aromatic carbocycles. The lowest BCUT2D eigenvalue weighted by Crippen LogP contribution is -2.13. The van der Waals surface area contributed by atoms with E-state index in [0.717, 1.165) is 0 Å². The van der Waals surface area contributed by atoms with Crippen molar-refractivity contribution in [3.63, 3.8) is 0 Å². The number of aliphatic carboxylic acids is 1.